The summed E-state index contributed by atoms with van der Waals surface area (Å²) in [4.78, 5) is 11.7. The standard InChI is InChI=1S/C13H15N3OS/c17-13(10-2-3-10)14-8-12(11-4-7-18-9-11)16-6-1-5-15-16/h1,4-7,9-10,12H,2-3,8H2,(H,14,17)/t12-/m0/s1. The van der Waals surface area contributed by atoms with Gasteiger partial charge in [-0.15, -0.1) is 0 Å². The average molecular weight is 261 g/mol. The first-order valence-electron chi connectivity index (χ1n) is 6.13. The van der Waals surface area contributed by atoms with Gasteiger partial charge >= 0.3 is 0 Å². The van der Waals surface area contributed by atoms with Gasteiger partial charge in [0.2, 0.25) is 5.91 Å². The van der Waals surface area contributed by atoms with Crippen LogP contribution in [-0.4, -0.2) is 22.2 Å². The highest BCUT2D eigenvalue weighted by molar-refractivity contribution is 7.07. The van der Waals surface area contributed by atoms with Crippen molar-refractivity contribution in [3.05, 3.63) is 40.8 Å². The molecule has 5 heteroatoms. The maximum atomic E-state index is 11.7. The SMILES string of the molecule is O=C(NC[C@@H](c1ccsc1)n1cccn1)C1CC1. The van der Waals surface area contributed by atoms with Gasteiger partial charge in [0.1, 0.15) is 0 Å². The number of carbonyl (C=O) groups excluding carboxylic acids is 1. The van der Waals surface area contributed by atoms with Crippen molar-refractivity contribution >= 4 is 17.2 Å². The molecule has 1 amide bonds. The fraction of sp³-hybridized carbons (Fsp3) is 0.385. The molecule has 4 nitrogen and oxygen atoms in total. The number of rotatable bonds is 5. The molecule has 0 spiro atoms. The van der Waals surface area contributed by atoms with Gasteiger partial charge in [-0.25, -0.2) is 0 Å². The molecule has 0 aliphatic heterocycles. The van der Waals surface area contributed by atoms with Crippen molar-refractivity contribution in [2.75, 3.05) is 6.54 Å². The summed E-state index contributed by atoms with van der Waals surface area (Å²) in [6, 6.07) is 4.08. The second-order valence-corrected chi connectivity index (χ2v) is 5.36. The zero-order valence-corrected chi connectivity index (χ0v) is 10.8. The fourth-order valence-electron chi connectivity index (χ4n) is 1.98. The van der Waals surface area contributed by atoms with Crippen molar-refractivity contribution in [3.63, 3.8) is 0 Å². The number of thiophene rings is 1. The summed E-state index contributed by atoms with van der Waals surface area (Å²) in [5.74, 6) is 0.438. The Labute approximate surface area is 110 Å². The third-order valence-electron chi connectivity index (χ3n) is 3.19. The smallest absolute Gasteiger partial charge is 0.223 e. The molecule has 2 aromatic rings. The van der Waals surface area contributed by atoms with Gasteiger partial charge in [-0.1, -0.05) is 0 Å². The van der Waals surface area contributed by atoms with Gasteiger partial charge in [-0.3, -0.25) is 9.48 Å². The van der Waals surface area contributed by atoms with Crippen LogP contribution in [0.3, 0.4) is 0 Å². The molecular formula is C13H15N3OS. The lowest BCUT2D eigenvalue weighted by atomic mass is 10.1. The van der Waals surface area contributed by atoms with Crippen LogP contribution in [0.5, 0.6) is 0 Å². The first-order valence-corrected chi connectivity index (χ1v) is 7.08. The zero-order valence-electron chi connectivity index (χ0n) is 9.95. The van der Waals surface area contributed by atoms with Crippen LogP contribution >= 0.6 is 11.3 Å². The van der Waals surface area contributed by atoms with Gasteiger partial charge in [0, 0.05) is 24.9 Å². The van der Waals surface area contributed by atoms with E-state index < -0.39 is 0 Å². The molecule has 1 saturated carbocycles. The number of hydrogen-bond acceptors (Lipinski definition) is 3. The molecule has 1 aliphatic carbocycles. The lowest BCUT2D eigenvalue weighted by molar-refractivity contribution is -0.122. The highest BCUT2D eigenvalue weighted by atomic mass is 32.1. The van der Waals surface area contributed by atoms with E-state index in [1.165, 1.54) is 5.56 Å². The van der Waals surface area contributed by atoms with E-state index in [1.807, 2.05) is 16.9 Å². The summed E-state index contributed by atoms with van der Waals surface area (Å²) in [5.41, 5.74) is 1.19. The second-order valence-electron chi connectivity index (χ2n) is 4.58. The normalized spacial score (nSPS) is 16.4. The summed E-state index contributed by atoms with van der Waals surface area (Å²) in [5, 5.41) is 11.5. The number of hydrogen-bond donors (Lipinski definition) is 1. The summed E-state index contributed by atoms with van der Waals surface area (Å²) >= 11 is 1.66. The van der Waals surface area contributed by atoms with Crippen LogP contribution in [0.15, 0.2) is 35.3 Å². The molecule has 0 aromatic carbocycles. The molecule has 2 aromatic heterocycles. The van der Waals surface area contributed by atoms with Crippen LogP contribution in [-0.2, 0) is 4.79 Å². The molecule has 1 fully saturated rings. The van der Waals surface area contributed by atoms with Crippen LogP contribution < -0.4 is 5.32 Å². The van der Waals surface area contributed by atoms with Gasteiger partial charge in [0.15, 0.2) is 0 Å². The molecule has 1 aliphatic rings. The molecule has 1 atom stereocenters. The van der Waals surface area contributed by atoms with Gasteiger partial charge in [-0.2, -0.15) is 16.4 Å². The lowest BCUT2D eigenvalue weighted by Crippen LogP contribution is -2.32. The second kappa shape index (κ2) is 4.94. The summed E-state index contributed by atoms with van der Waals surface area (Å²) in [6.45, 7) is 0.605. The monoisotopic (exact) mass is 261 g/mol. The highest BCUT2D eigenvalue weighted by Crippen LogP contribution is 2.29. The topological polar surface area (TPSA) is 46.9 Å². The fourth-order valence-corrected chi connectivity index (χ4v) is 2.69. The quantitative estimate of drug-likeness (QED) is 0.895. The number of nitrogens with zero attached hydrogens (tertiary/aromatic N) is 2. The predicted molar refractivity (Wildman–Crippen MR) is 70.4 cm³/mol. The summed E-state index contributed by atoms with van der Waals surface area (Å²) in [6.07, 6.45) is 5.78. The van der Waals surface area contributed by atoms with Crippen molar-refractivity contribution < 1.29 is 4.79 Å². The molecule has 94 valence electrons. The van der Waals surface area contributed by atoms with E-state index in [-0.39, 0.29) is 17.9 Å². The third kappa shape index (κ3) is 2.46. The Kier molecular flexibility index (Phi) is 3.15. The molecule has 2 heterocycles. The summed E-state index contributed by atoms with van der Waals surface area (Å²) < 4.78 is 1.90. The molecule has 18 heavy (non-hydrogen) atoms. The number of aromatic nitrogens is 2. The van der Waals surface area contributed by atoms with Gasteiger partial charge in [0.05, 0.1) is 6.04 Å². The Balaban J connectivity index is 1.71. The highest BCUT2D eigenvalue weighted by Gasteiger charge is 2.30. The Bertz CT molecular complexity index is 468. The predicted octanol–water partition coefficient (Wildman–Crippen LogP) is 2.06. The van der Waals surface area contributed by atoms with Crippen molar-refractivity contribution in [1.82, 2.24) is 15.1 Å². The molecular weight excluding hydrogens is 246 g/mol. The number of nitrogens with one attached hydrogen (secondary N) is 1. The Morgan fingerprint density at radius 1 is 1.61 bits per heavy atom. The molecule has 1 N–H and O–H groups in total. The van der Waals surface area contributed by atoms with E-state index in [4.69, 9.17) is 0 Å². The Morgan fingerprint density at radius 2 is 2.50 bits per heavy atom. The van der Waals surface area contributed by atoms with E-state index >= 15 is 0 Å². The van der Waals surface area contributed by atoms with Crippen LogP contribution in [0.2, 0.25) is 0 Å². The molecule has 0 radical (unpaired) electrons. The molecule has 0 saturated heterocycles. The Hall–Kier alpha value is -1.62. The number of amides is 1. The maximum Gasteiger partial charge on any atom is 0.223 e. The van der Waals surface area contributed by atoms with Gasteiger partial charge < -0.3 is 5.32 Å². The van der Waals surface area contributed by atoms with Crippen molar-refractivity contribution in [2.24, 2.45) is 5.92 Å². The molecule has 0 unspecified atom stereocenters. The summed E-state index contributed by atoms with van der Waals surface area (Å²) in [7, 11) is 0. The van der Waals surface area contributed by atoms with E-state index in [9.17, 15) is 4.79 Å². The lowest BCUT2D eigenvalue weighted by Gasteiger charge is -2.17. The van der Waals surface area contributed by atoms with Crippen molar-refractivity contribution in [2.45, 2.75) is 18.9 Å². The van der Waals surface area contributed by atoms with Crippen LogP contribution in [0, 0.1) is 5.92 Å². The van der Waals surface area contributed by atoms with Crippen molar-refractivity contribution in [3.8, 4) is 0 Å². The van der Waals surface area contributed by atoms with E-state index in [0.717, 1.165) is 12.8 Å². The van der Waals surface area contributed by atoms with Crippen LogP contribution in [0.25, 0.3) is 0 Å². The Morgan fingerprint density at radius 3 is 3.11 bits per heavy atom. The maximum absolute atomic E-state index is 11.7. The van der Waals surface area contributed by atoms with Gasteiger partial charge in [-0.05, 0) is 41.3 Å². The first-order chi connectivity index (χ1) is 8.84. The third-order valence-corrected chi connectivity index (χ3v) is 3.89. The van der Waals surface area contributed by atoms with E-state index in [1.54, 1.807) is 17.5 Å². The average Bonchev–Trinajstić information content (AvgIpc) is 2.89. The molecule has 0 bridgehead atoms. The largest absolute Gasteiger partial charge is 0.353 e. The number of carbonyl (C=O) groups is 1. The minimum Gasteiger partial charge on any atom is -0.353 e. The van der Waals surface area contributed by atoms with Crippen LogP contribution in [0.1, 0.15) is 24.4 Å². The van der Waals surface area contributed by atoms with Crippen molar-refractivity contribution in [1.29, 1.82) is 0 Å². The van der Waals surface area contributed by atoms with E-state index in [2.05, 4.69) is 27.2 Å². The minimum absolute atomic E-state index is 0.0916. The zero-order chi connectivity index (χ0) is 12.4. The first kappa shape index (κ1) is 11.5. The van der Waals surface area contributed by atoms with Crippen LogP contribution in [0.4, 0.5) is 0 Å². The minimum atomic E-state index is 0.0916. The molecule has 3 rings (SSSR count). The van der Waals surface area contributed by atoms with E-state index in [0.29, 0.717) is 6.54 Å². The van der Waals surface area contributed by atoms with Gasteiger partial charge in [0.25, 0.3) is 0 Å².